The van der Waals surface area contributed by atoms with Gasteiger partial charge in [0.05, 0.1) is 4.92 Å². The van der Waals surface area contributed by atoms with Crippen LogP contribution in [0, 0.1) is 10.1 Å². The van der Waals surface area contributed by atoms with E-state index in [1.165, 1.54) is 4.31 Å². The molecule has 1 fully saturated rings. The number of nitrogens with zero attached hydrogens (tertiary/aromatic N) is 2. The molecule has 9 heteroatoms. The predicted molar refractivity (Wildman–Crippen MR) is 82.3 cm³/mol. The summed E-state index contributed by atoms with van der Waals surface area (Å²) in [4.78, 5) is 10.4. The molecule has 1 aromatic heterocycles. The molecule has 0 aliphatic heterocycles. The number of hydrogen-bond acceptors (Lipinski definition) is 6. The van der Waals surface area contributed by atoms with Gasteiger partial charge in [-0.3, -0.25) is 10.1 Å². The SMILES string of the molecule is CNc1sc(S(=O)(=O)N(C)C2CCCCC2)cc1[N+](=O)[O-]. The Kier molecular flexibility index (Phi) is 4.84. The second-order valence-electron chi connectivity index (χ2n) is 5.10. The van der Waals surface area contributed by atoms with Gasteiger partial charge in [0.25, 0.3) is 10.0 Å². The van der Waals surface area contributed by atoms with Gasteiger partial charge in [0, 0.05) is 26.2 Å². The Bertz CT molecular complexity index is 620. The summed E-state index contributed by atoms with van der Waals surface area (Å²) < 4.78 is 26.6. The molecular weight excluding hydrogens is 314 g/mol. The molecule has 1 aliphatic carbocycles. The number of hydrogen-bond donors (Lipinski definition) is 1. The zero-order valence-corrected chi connectivity index (χ0v) is 13.7. The van der Waals surface area contributed by atoms with E-state index in [-0.39, 0.29) is 20.9 Å². The Labute approximate surface area is 128 Å². The van der Waals surface area contributed by atoms with Crippen LogP contribution in [0.15, 0.2) is 10.3 Å². The Hall–Kier alpha value is -1.19. The number of sulfonamides is 1. The molecule has 0 bridgehead atoms. The van der Waals surface area contributed by atoms with Crippen LogP contribution in [0.4, 0.5) is 10.7 Å². The number of thiophene rings is 1. The molecule has 0 spiro atoms. The molecule has 1 aromatic rings. The lowest BCUT2D eigenvalue weighted by Gasteiger charge is -2.29. The van der Waals surface area contributed by atoms with Crippen molar-refractivity contribution in [3.63, 3.8) is 0 Å². The summed E-state index contributed by atoms with van der Waals surface area (Å²) in [5.41, 5.74) is -0.196. The average molecular weight is 333 g/mol. The van der Waals surface area contributed by atoms with Crippen LogP contribution in [-0.2, 0) is 10.0 Å². The molecular formula is C12H19N3O4S2. The second kappa shape index (κ2) is 6.29. The largest absolute Gasteiger partial charge is 0.374 e. The summed E-state index contributed by atoms with van der Waals surface area (Å²) in [6.07, 6.45) is 4.89. The van der Waals surface area contributed by atoms with Crippen molar-refractivity contribution in [2.24, 2.45) is 0 Å². The van der Waals surface area contributed by atoms with E-state index < -0.39 is 14.9 Å². The van der Waals surface area contributed by atoms with Crippen LogP contribution in [0.1, 0.15) is 32.1 Å². The van der Waals surface area contributed by atoms with E-state index in [1.54, 1.807) is 14.1 Å². The highest BCUT2D eigenvalue weighted by atomic mass is 32.2. The van der Waals surface area contributed by atoms with Crippen molar-refractivity contribution < 1.29 is 13.3 Å². The van der Waals surface area contributed by atoms with Crippen LogP contribution in [-0.4, -0.2) is 37.8 Å². The average Bonchev–Trinajstić information content (AvgIpc) is 2.92. The lowest BCUT2D eigenvalue weighted by atomic mass is 9.96. The molecule has 0 radical (unpaired) electrons. The molecule has 0 unspecified atom stereocenters. The lowest BCUT2D eigenvalue weighted by Crippen LogP contribution is -2.37. The molecule has 1 N–H and O–H groups in total. The van der Waals surface area contributed by atoms with Crippen molar-refractivity contribution in [3.05, 3.63) is 16.2 Å². The first kappa shape index (κ1) is 16.2. The number of rotatable bonds is 5. The maximum absolute atomic E-state index is 12.6. The van der Waals surface area contributed by atoms with E-state index in [2.05, 4.69) is 5.32 Å². The van der Waals surface area contributed by atoms with Gasteiger partial charge in [-0.25, -0.2) is 8.42 Å². The summed E-state index contributed by atoms with van der Waals surface area (Å²) in [6.45, 7) is 0. The van der Waals surface area contributed by atoms with E-state index in [1.807, 2.05) is 0 Å². The third-order valence-electron chi connectivity index (χ3n) is 3.84. The van der Waals surface area contributed by atoms with Crippen molar-refractivity contribution in [1.29, 1.82) is 0 Å². The van der Waals surface area contributed by atoms with E-state index in [4.69, 9.17) is 0 Å². The first-order valence-corrected chi connectivity index (χ1v) is 9.07. The minimum atomic E-state index is -3.68. The Balaban J connectivity index is 2.32. The number of anilines is 1. The fourth-order valence-corrected chi connectivity index (χ4v) is 5.47. The molecule has 1 saturated carbocycles. The van der Waals surface area contributed by atoms with E-state index >= 15 is 0 Å². The van der Waals surface area contributed by atoms with Crippen molar-refractivity contribution >= 4 is 32.0 Å². The Morgan fingerprint density at radius 3 is 2.48 bits per heavy atom. The van der Waals surface area contributed by atoms with Crippen LogP contribution >= 0.6 is 11.3 Å². The maximum atomic E-state index is 12.6. The molecule has 7 nitrogen and oxygen atoms in total. The molecule has 0 saturated heterocycles. The van der Waals surface area contributed by atoms with Gasteiger partial charge in [-0.15, -0.1) is 0 Å². The Morgan fingerprint density at radius 2 is 2.00 bits per heavy atom. The highest BCUT2D eigenvalue weighted by Gasteiger charge is 2.33. The van der Waals surface area contributed by atoms with Crippen molar-refractivity contribution in [3.8, 4) is 0 Å². The zero-order valence-electron chi connectivity index (χ0n) is 12.0. The second-order valence-corrected chi connectivity index (χ2v) is 8.38. The molecule has 0 amide bonds. The summed E-state index contributed by atoms with van der Waals surface area (Å²) in [6, 6.07) is 1.13. The first-order chi connectivity index (χ1) is 9.87. The van der Waals surface area contributed by atoms with Crippen molar-refractivity contribution in [2.75, 3.05) is 19.4 Å². The smallest absolute Gasteiger partial charge is 0.304 e. The van der Waals surface area contributed by atoms with E-state index in [0.717, 1.165) is 49.5 Å². The molecule has 0 atom stereocenters. The molecule has 118 valence electrons. The monoisotopic (exact) mass is 333 g/mol. The maximum Gasteiger partial charge on any atom is 0.304 e. The van der Waals surface area contributed by atoms with E-state index in [0.29, 0.717) is 0 Å². The zero-order chi connectivity index (χ0) is 15.6. The van der Waals surface area contributed by atoms with Gasteiger partial charge >= 0.3 is 5.69 Å². The van der Waals surface area contributed by atoms with Gasteiger partial charge < -0.3 is 5.32 Å². The van der Waals surface area contributed by atoms with Crippen LogP contribution < -0.4 is 5.32 Å². The van der Waals surface area contributed by atoms with Crippen LogP contribution in [0.25, 0.3) is 0 Å². The third-order valence-corrected chi connectivity index (χ3v) is 7.34. The highest BCUT2D eigenvalue weighted by molar-refractivity contribution is 7.91. The minimum Gasteiger partial charge on any atom is -0.374 e. The summed E-state index contributed by atoms with van der Waals surface area (Å²) in [5, 5.41) is 13.9. The molecule has 1 aliphatic rings. The first-order valence-electron chi connectivity index (χ1n) is 6.82. The highest BCUT2D eigenvalue weighted by Crippen LogP contribution is 2.38. The van der Waals surface area contributed by atoms with Gasteiger partial charge in [0.2, 0.25) is 0 Å². The van der Waals surface area contributed by atoms with Gasteiger partial charge in [-0.2, -0.15) is 4.31 Å². The topological polar surface area (TPSA) is 92.6 Å². The van der Waals surface area contributed by atoms with Crippen LogP contribution in [0.2, 0.25) is 0 Å². The number of nitrogens with one attached hydrogen (secondary N) is 1. The summed E-state index contributed by atoms with van der Waals surface area (Å²) in [5.74, 6) is 0. The van der Waals surface area contributed by atoms with Gasteiger partial charge in [-0.1, -0.05) is 30.6 Å². The predicted octanol–water partition coefficient (Wildman–Crippen LogP) is 2.65. The van der Waals surface area contributed by atoms with Crippen molar-refractivity contribution in [1.82, 2.24) is 4.31 Å². The van der Waals surface area contributed by atoms with Gasteiger partial charge in [0.15, 0.2) is 5.00 Å². The number of nitro groups is 1. The van der Waals surface area contributed by atoms with Crippen molar-refractivity contribution in [2.45, 2.75) is 42.4 Å². The van der Waals surface area contributed by atoms with Gasteiger partial charge in [-0.05, 0) is 12.8 Å². The van der Waals surface area contributed by atoms with E-state index in [9.17, 15) is 18.5 Å². The lowest BCUT2D eigenvalue weighted by molar-refractivity contribution is -0.383. The molecule has 2 rings (SSSR count). The molecule has 21 heavy (non-hydrogen) atoms. The summed E-state index contributed by atoms with van der Waals surface area (Å²) >= 11 is 0.905. The van der Waals surface area contributed by atoms with Crippen LogP contribution in [0.5, 0.6) is 0 Å². The standard InChI is InChI=1S/C12H19N3O4S2/c1-13-12-10(15(16)17)8-11(20-12)21(18,19)14(2)9-6-4-3-5-7-9/h8-9,13H,3-7H2,1-2H3. The quantitative estimate of drug-likeness (QED) is 0.660. The summed E-state index contributed by atoms with van der Waals surface area (Å²) in [7, 11) is -0.569. The fourth-order valence-electron chi connectivity index (χ4n) is 2.58. The molecule has 1 heterocycles. The fraction of sp³-hybridized carbons (Fsp3) is 0.667. The minimum absolute atomic E-state index is 0.0112. The van der Waals surface area contributed by atoms with Crippen LogP contribution in [0.3, 0.4) is 0 Å². The molecule has 0 aromatic carbocycles. The van der Waals surface area contributed by atoms with Gasteiger partial charge in [0.1, 0.15) is 4.21 Å². The Morgan fingerprint density at radius 1 is 1.38 bits per heavy atom. The normalized spacial score (nSPS) is 17.1. The third kappa shape index (κ3) is 3.19.